The summed E-state index contributed by atoms with van der Waals surface area (Å²) >= 11 is 0. The lowest BCUT2D eigenvalue weighted by atomic mass is 9.76. The van der Waals surface area contributed by atoms with Crippen molar-refractivity contribution < 1.29 is 15.0 Å². The number of likely N-dealkylation sites (tertiary alicyclic amines) is 1. The number of nitrogens with zero attached hydrogens (tertiary/aromatic N) is 4. The van der Waals surface area contributed by atoms with Gasteiger partial charge >= 0.3 is 0 Å². The van der Waals surface area contributed by atoms with Gasteiger partial charge in [0.05, 0.1) is 6.10 Å². The van der Waals surface area contributed by atoms with E-state index in [-0.39, 0.29) is 18.0 Å². The first-order valence-electron chi connectivity index (χ1n) is 8.98. The fourth-order valence-electron chi connectivity index (χ4n) is 4.29. The van der Waals surface area contributed by atoms with E-state index >= 15 is 0 Å². The second kappa shape index (κ2) is 8.37. The lowest BCUT2D eigenvalue weighted by Crippen LogP contribution is -2.46. The van der Waals surface area contributed by atoms with Gasteiger partial charge in [0.1, 0.15) is 0 Å². The molecule has 2 aromatic rings. The molecule has 140 valence electrons. The Morgan fingerprint density at radius 2 is 2.00 bits per heavy atom. The molecule has 1 spiro atoms. The lowest BCUT2D eigenvalue weighted by Gasteiger charge is -2.42. The van der Waals surface area contributed by atoms with Crippen LogP contribution in [-0.2, 0) is 11.3 Å². The molecule has 0 unspecified atom stereocenters. The first-order chi connectivity index (χ1) is 12.7. The Hall–Kier alpha value is -2.32. The summed E-state index contributed by atoms with van der Waals surface area (Å²) in [4.78, 5) is 10.9. The normalized spacial score (nSPS) is 25.7. The molecule has 1 saturated carbocycles. The molecule has 0 bridgehead atoms. The number of rotatable bonds is 3. The maximum Gasteiger partial charge on any atom is 0.290 e. The van der Waals surface area contributed by atoms with E-state index in [1.165, 1.54) is 31.2 Å². The number of aromatic nitrogens is 4. The molecule has 2 aliphatic rings. The molecule has 2 fully saturated rings. The number of carbonyl (C=O) groups is 1. The van der Waals surface area contributed by atoms with Crippen LogP contribution in [0, 0.1) is 5.41 Å². The Kier molecular flexibility index (Phi) is 5.95. The fraction of sp³-hybridized carbons (Fsp3) is 0.556. The van der Waals surface area contributed by atoms with Crippen LogP contribution in [0.5, 0.6) is 0 Å². The van der Waals surface area contributed by atoms with Gasteiger partial charge in [-0.1, -0.05) is 30.7 Å². The predicted molar refractivity (Wildman–Crippen MR) is 95.1 cm³/mol. The molecule has 1 aliphatic heterocycles. The summed E-state index contributed by atoms with van der Waals surface area (Å²) in [7, 11) is 0. The second-order valence-electron chi connectivity index (χ2n) is 7.12. The zero-order valence-electron chi connectivity index (χ0n) is 14.7. The number of hydrogen-bond donors (Lipinski definition) is 3. The quantitative estimate of drug-likeness (QED) is 0.714. The Morgan fingerprint density at radius 3 is 2.62 bits per heavy atom. The summed E-state index contributed by atoms with van der Waals surface area (Å²) in [6.07, 6.45) is 5.61. The number of nitrogens with one attached hydrogen (secondary N) is 1. The van der Waals surface area contributed by atoms with Gasteiger partial charge < -0.3 is 10.2 Å². The molecule has 1 aromatic heterocycles. The highest BCUT2D eigenvalue weighted by atomic mass is 16.3. The average Bonchev–Trinajstić information content (AvgIpc) is 3.28. The molecule has 4 rings (SSSR count). The van der Waals surface area contributed by atoms with Gasteiger partial charge in [-0.3, -0.25) is 9.69 Å². The standard InChI is InChI=1S/C17H23N5O.CH2O2/c23-15-3-1-8-17(15)9-2-10-22(12-17)11-13-4-6-14(7-5-13)16-18-20-21-19-16;2-1-3/h4-7,15,23H,1-3,8-12H2,(H,18,19,20,21);1H,(H,2,3)/t15-,17+;/m1./s1. The molecule has 2 heterocycles. The van der Waals surface area contributed by atoms with E-state index in [0.717, 1.165) is 31.6 Å². The van der Waals surface area contributed by atoms with Gasteiger partial charge in [-0.15, -0.1) is 10.2 Å². The van der Waals surface area contributed by atoms with Crippen LogP contribution in [0.4, 0.5) is 0 Å². The highest BCUT2D eigenvalue weighted by Gasteiger charge is 2.44. The number of aliphatic hydroxyl groups is 1. The zero-order chi connectivity index (χ0) is 18.4. The number of piperidine rings is 1. The second-order valence-corrected chi connectivity index (χ2v) is 7.12. The molecule has 8 nitrogen and oxygen atoms in total. The highest BCUT2D eigenvalue weighted by Crippen LogP contribution is 2.45. The molecular weight excluding hydrogens is 334 g/mol. The third kappa shape index (κ3) is 4.08. The van der Waals surface area contributed by atoms with Gasteiger partial charge in [-0.2, -0.15) is 5.21 Å². The van der Waals surface area contributed by atoms with Crippen molar-refractivity contribution in [2.75, 3.05) is 13.1 Å². The van der Waals surface area contributed by atoms with E-state index in [4.69, 9.17) is 9.90 Å². The molecule has 0 amide bonds. The van der Waals surface area contributed by atoms with E-state index in [1.807, 2.05) is 12.1 Å². The van der Waals surface area contributed by atoms with Crippen LogP contribution in [0.1, 0.15) is 37.7 Å². The number of carboxylic acid groups (broad SMARTS) is 1. The summed E-state index contributed by atoms with van der Waals surface area (Å²) in [5.41, 5.74) is 2.42. The molecule has 8 heteroatoms. The molecule has 1 aromatic carbocycles. The van der Waals surface area contributed by atoms with Crippen molar-refractivity contribution in [1.29, 1.82) is 0 Å². The minimum atomic E-state index is -0.250. The van der Waals surface area contributed by atoms with Crippen LogP contribution in [0.15, 0.2) is 24.3 Å². The van der Waals surface area contributed by atoms with Crippen LogP contribution >= 0.6 is 0 Å². The molecule has 3 N–H and O–H groups in total. The third-order valence-corrected chi connectivity index (χ3v) is 5.51. The van der Waals surface area contributed by atoms with Gasteiger partial charge in [0.25, 0.3) is 6.47 Å². The zero-order valence-corrected chi connectivity index (χ0v) is 14.7. The first-order valence-corrected chi connectivity index (χ1v) is 8.98. The third-order valence-electron chi connectivity index (χ3n) is 5.51. The predicted octanol–water partition coefficient (Wildman–Crippen LogP) is 1.69. The molecule has 2 atom stereocenters. The molecule has 1 aliphatic carbocycles. The summed E-state index contributed by atoms with van der Waals surface area (Å²) in [6, 6.07) is 8.37. The summed E-state index contributed by atoms with van der Waals surface area (Å²) < 4.78 is 0. The summed E-state index contributed by atoms with van der Waals surface area (Å²) in [6.45, 7) is 2.85. The number of benzene rings is 1. The maximum atomic E-state index is 10.4. The minimum Gasteiger partial charge on any atom is -0.483 e. The number of aliphatic hydroxyl groups excluding tert-OH is 1. The Bertz CT molecular complexity index is 691. The van der Waals surface area contributed by atoms with Gasteiger partial charge in [-0.25, -0.2) is 0 Å². The van der Waals surface area contributed by atoms with Crippen molar-refractivity contribution in [3.8, 4) is 11.4 Å². The first kappa shape index (κ1) is 18.5. The van der Waals surface area contributed by atoms with Crippen molar-refractivity contribution in [1.82, 2.24) is 25.5 Å². The van der Waals surface area contributed by atoms with Crippen LogP contribution in [0.3, 0.4) is 0 Å². The topological polar surface area (TPSA) is 115 Å². The van der Waals surface area contributed by atoms with E-state index in [1.54, 1.807) is 0 Å². The Labute approximate surface area is 152 Å². The van der Waals surface area contributed by atoms with Crippen LogP contribution in [0.25, 0.3) is 11.4 Å². The number of hydrogen-bond acceptors (Lipinski definition) is 6. The van der Waals surface area contributed by atoms with E-state index in [2.05, 4.69) is 37.7 Å². The molecule has 26 heavy (non-hydrogen) atoms. The van der Waals surface area contributed by atoms with Gasteiger partial charge in [0.15, 0.2) is 0 Å². The number of aromatic amines is 1. The fourth-order valence-corrected chi connectivity index (χ4v) is 4.29. The average molecular weight is 359 g/mol. The van der Waals surface area contributed by atoms with Gasteiger partial charge in [-0.05, 0) is 43.0 Å². The number of tetrazole rings is 1. The van der Waals surface area contributed by atoms with Crippen molar-refractivity contribution in [2.45, 2.75) is 44.8 Å². The van der Waals surface area contributed by atoms with Crippen LogP contribution < -0.4 is 0 Å². The van der Waals surface area contributed by atoms with Crippen molar-refractivity contribution in [3.05, 3.63) is 29.8 Å². The lowest BCUT2D eigenvalue weighted by molar-refractivity contribution is -0.122. The van der Waals surface area contributed by atoms with E-state index in [0.29, 0.717) is 5.82 Å². The minimum absolute atomic E-state index is 0.106. The SMILES string of the molecule is O=CO.O[C@@H]1CCC[C@@]12CCCN(Cc1ccc(-c3nn[nH]n3)cc1)C2. The van der Waals surface area contributed by atoms with E-state index < -0.39 is 0 Å². The monoisotopic (exact) mass is 359 g/mol. The maximum absolute atomic E-state index is 10.4. The van der Waals surface area contributed by atoms with Crippen molar-refractivity contribution in [2.24, 2.45) is 5.41 Å². The number of H-pyrrole nitrogens is 1. The van der Waals surface area contributed by atoms with E-state index in [9.17, 15) is 5.11 Å². The Morgan fingerprint density at radius 1 is 1.27 bits per heavy atom. The molecule has 0 radical (unpaired) electrons. The Balaban J connectivity index is 0.000000613. The van der Waals surface area contributed by atoms with Gasteiger partial charge in [0.2, 0.25) is 5.82 Å². The molecular formula is C18H25N5O3. The summed E-state index contributed by atoms with van der Waals surface area (Å²) in [5, 5.41) is 31.3. The largest absolute Gasteiger partial charge is 0.483 e. The smallest absolute Gasteiger partial charge is 0.290 e. The van der Waals surface area contributed by atoms with Gasteiger partial charge in [0, 0.05) is 24.1 Å². The summed E-state index contributed by atoms with van der Waals surface area (Å²) in [5.74, 6) is 0.627. The highest BCUT2D eigenvalue weighted by molar-refractivity contribution is 5.54. The van der Waals surface area contributed by atoms with Crippen LogP contribution in [-0.4, -0.2) is 61.4 Å². The van der Waals surface area contributed by atoms with Crippen LogP contribution in [0.2, 0.25) is 0 Å². The van der Waals surface area contributed by atoms with Crippen molar-refractivity contribution >= 4 is 6.47 Å². The van der Waals surface area contributed by atoms with Crippen molar-refractivity contribution in [3.63, 3.8) is 0 Å². The molecule has 1 saturated heterocycles.